The smallest absolute Gasteiger partial charge is 0.141 e. The van der Waals surface area contributed by atoms with Gasteiger partial charge in [-0.3, -0.25) is 4.98 Å². The van der Waals surface area contributed by atoms with Crippen LogP contribution in [0.1, 0.15) is 11.1 Å². The van der Waals surface area contributed by atoms with Crippen LogP contribution < -0.4 is 4.74 Å². The van der Waals surface area contributed by atoms with Crippen molar-refractivity contribution in [3.8, 4) is 5.75 Å². The third kappa shape index (κ3) is 3.53. The Morgan fingerprint density at radius 2 is 2.06 bits per heavy atom. The molecule has 1 aromatic carbocycles. The van der Waals surface area contributed by atoms with Gasteiger partial charge in [-0.25, -0.2) is 4.39 Å². The zero-order valence-corrected chi connectivity index (χ0v) is 12.5. The van der Waals surface area contributed by atoms with Gasteiger partial charge in [0.15, 0.2) is 0 Å². The molecule has 0 aliphatic heterocycles. The molecule has 0 spiro atoms. The van der Waals surface area contributed by atoms with Gasteiger partial charge in [-0.15, -0.1) is 0 Å². The summed E-state index contributed by atoms with van der Waals surface area (Å²) in [5, 5.41) is 0.742. The summed E-state index contributed by atoms with van der Waals surface area (Å²) in [6.07, 6.45) is 2.76. The number of hydrogen-bond acceptors (Lipinski definition) is 2. The highest BCUT2D eigenvalue weighted by Crippen LogP contribution is 2.25. The van der Waals surface area contributed by atoms with Crippen molar-refractivity contribution in [3.05, 3.63) is 58.1 Å². The molecule has 0 unspecified atom stereocenters. The van der Waals surface area contributed by atoms with Crippen LogP contribution in [0.3, 0.4) is 0 Å². The van der Waals surface area contributed by atoms with Crippen LogP contribution in [-0.4, -0.2) is 4.98 Å². The highest BCUT2D eigenvalue weighted by Gasteiger charge is 2.02. The maximum atomic E-state index is 12.9. The summed E-state index contributed by atoms with van der Waals surface area (Å²) in [5.74, 6) is 0.393. The molecule has 18 heavy (non-hydrogen) atoms. The van der Waals surface area contributed by atoms with Crippen LogP contribution in [0.5, 0.6) is 5.75 Å². The van der Waals surface area contributed by atoms with Gasteiger partial charge in [0.25, 0.3) is 0 Å². The number of hydrogen-bond donors (Lipinski definition) is 0. The van der Waals surface area contributed by atoms with E-state index in [1.807, 2.05) is 18.2 Å². The second kappa shape index (κ2) is 6.29. The van der Waals surface area contributed by atoms with E-state index in [0.29, 0.717) is 12.2 Å². The van der Waals surface area contributed by atoms with Gasteiger partial charge in [0, 0.05) is 21.6 Å². The fraction of sp³-hybridized carbons (Fsp3) is 0.154. The molecule has 0 aliphatic rings. The van der Waals surface area contributed by atoms with E-state index < -0.39 is 0 Å². The first-order valence-corrected chi connectivity index (χ1v) is 7.17. The van der Waals surface area contributed by atoms with E-state index in [1.165, 1.54) is 12.3 Å². The molecule has 0 N–H and O–H groups in total. The van der Waals surface area contributed by atoms with E-state index >= 15 is 0 Å². The van der Waals surface area contributed by atoms with Gasteiger partial charge >= 0.3 is 0 Å². The lowest BCUT2D eigenvalue weighted by Gasteiger charge is -2.08. The number of benzene rings is 1. The van der Waals surface area contributed by atoms with Crippen LogP contribution in [0, 0.1) is 5.82 Å². The number of alkyl halides is 1. The van der Waals surface area contributed by atoms with Crippen molar-refractivity contribution in [2.24, 2.45) is 0 Å². The Morgan fingerprint density at radius 1 is 1.22 bits per heavy atom. The van der Waals surface area contributed by atoms with Gasteiger partial charge in [-0.2, -0.15) is 0 Å². The van der Waals surface area contributed by atoms with Crippen LogP contribution in [0.15, 0.2) is 41.1 Å². The zero-order chi connectivity index (χ0) is 13.0. The topological polar surface area (TPSA) is 22.1 Å². The highest BCUT2D eigenvalue weighted by molar-refractivity contribution is 9.10. The summed E-state index contributed by atoms with van der Waals surface area (Å²) in [6, 6.07) is 7.14. The molecule has 0 atom stereocenters. The van der Waals surface area contributed by atoms with Crippen molar-refractivity contribution in [3.63, 3.8) is 0 Å². The van der Waals surface area contributed by atoms with Crippen molar-refractivity contribution in [1.29, 1.82) is 0 Å². The van der Waals surface area contributed by atoms with Crippen LogP contribution in [-0.2, 0) is 11.9 Å². The van der Waals surface area contributed by atoms with Crippen LogP contribution in [0.2, 0.25) is 0 Å². The van der Waals surface area contributed by atoms with Gasteiger partial charge in [0.05, 0.1) is 6.20 Å². The molecule has 94 valence electrons. The number of halogens is 3. The number of pyridine rings is 1. The number of nitrogens with zero attached hydrogens (tertiary/aromatic N) is 1. The van der Waals surface area contributed by atoms with Crippen LogP contribution in [0.4, 0.5) is 4.39 Å². The predicted molar refractivity (Wildman–Crippen MR) is 75.3 cm³/mol. The molecular formula is C13H10Br2FNO. The fourth-order valence-electron chi connectivity index (χ4n) is 1.44. The molecule has 0 amide bonds. The molecule has 5 heteroatoms. The fourth-order valence-corrected chi connectivity index (χ4v) is 2.67. The largest absolute Gasteiger partial charge is 0.489 e. The minimum Gasteiger partial charge on any atom is -0.489 e. The third-order valence-electron chi connectivity index (χ3n) is 2.33. The monoisotopic (exact) mass is 373 g/mol. The van der Waals surface area contributed by atoms with Crippen LogP contribution in [0.25, 0.3) is 0 Å². The van der Waals surface area contributed by atoms with Gasteiger partial charge < -0.3 is 4.74 Å². The van der Waals surface area contributed by atoms with Crippen molar-refractivity contribution in [2.45, 2.75) is 11.9 Å². The molecule has 0 saturated carbocycles. The Kier molecular flexibility index (Phi) is 4.72. The molecule has 0 bridgehead atoms. The first-order chi connectivity index (χ1) is 8.69. The Bertz CT molecular complexity index is 548. The molecule has 1 aromatic heterocycles. The molecule has 0 aliphatic carbocycles. The summed E-state index contributed by atoms with van der Waals surface area (Å²) in [5.41, 5.74) is 1.81. The summed E-state index contributed by atoms with van der Waals surface area (Å²) in [6.45, 7) is 0.300. The molecule has 1 heterocycles. The lowest BCUT2D eigenvalue weighted by atomic mass is 10.2. The van der Waals surface area contributed by atoms with Gasteiger partial charge in [0.2, 0.25) is 0 Å². The minimum absolute atomic E-state index is 0.300. The van der Waals surface area contributed by atoms with E-state index in [9.17, 15) is 4.39 Å². The SMILES string of the molecule is Fc1cncc(COc2ccc(Br)c(CBr)c2)c1. The lowest BCUT2D eigenvalue weighted by molar-refractivity contribution is 0.304. The van der Waals surface area contributed by atoms with Crippen molar-refractivity contribution < 1.29 is 9.13 Å². The molecule has 2 nitrogen and oxygen atoms in total. The third-order valence-corrected chi connectivity index (χ3v) is 3.71. The van der Waals surface area contributed by atoms with E-state index in [1.54, 1.807) is 6.20 Å². The van der Waals surface area contributed by atoms with Crippen molar-refractivity contribution >= 4 is 31.9 Å². The maximum absolute atomic E-state index is 12.9. The van der Waals surface area contributed by atoms with Gasteiger partial charge in [-0.05, 0) is 29.8 Å². The van der Waals surface area contributed by atoms with Gasteiger partial charge in [-0.1, -0.05) is 31.9 Å². The standard InChI is InChI=1S/C13H10Br2FNO/c14-5-10-4-12(1-2-13(10)15)18-8-9-3-11(16)7-17-6-9/h1-4,6-7H,5,8H2. The van der Waals surface area contributed by atoms with E-state index in [4.69, 9.17) is 4.74 Å². The number of rotatable bonds is 4. The van der Waals surface area contributed by atoms with E-state index in [-0.39, 0.29) is 5.82 Å². The molecular weight excluding hydrogens is 365 g/mol. The molecule has 2 rings (SSSR count). The second-order valence-corrected chi connectivity index (χ2v) is 5.10. The minimum atomic E-state index is -0.354. The Morgan fingerprint density at radius 3 is 2.78 bits per heavy atom. The zero-order valence-electron chi connectivity index (χ0n) is 9.37. The summed E-state index contributed by atoms with van der Waals surface area (Å²) in [4.78, 5) is 3.77. The van der Waals surface area contributed by atoms with E-state index in [0.717, 1.165) is 21.1 Å². The average molecular weight is 375 g/mol. The highest BCUT2D eigenvalue weighted by atomic mass is 79.9. The summed E-state index contributed by atoms with van der Waals surface area (Å²) >= 11 is 6.85. The Hall–Kier alpha value is -0.940. The first kappa shape index (κ1) is 13.5. The van der Waals surface area contributed by atoms with Crippen LogP contribution >= 0.6 is 31.9 Å². The number of aromatic nitrogens is 1. The van der Waals surface area contributed by atoms with Crippen molar-refractivity contribution in [1.82, 2.24) is 4.98 Å². The average Bonchev–Trinajstić information content (AvgIpc) is 2.38. The first-order valence-electron chi connectivity index (χ1n) is 5.25. The number of ether oxygens (including phenoxy) is 1. The Labute approximate surface area is 121 Å². The molecule has 0 radical (unpaired) electrons. The molecule has 0 fully saturated rings. The summed E-state index contributed by atoms with van der Waals surface area (Å²) in [7, 11) is 0. The normalized spacial score (nSPS) is 10.4. The predicted octanol–water partition coefficient (Wildman–Crippen LogP) is 4.46. The summed E-state index contributed by atoms with van der Waals surface area (Å²) < 4.78 is 19.6. The molecule has 2 aromatic rings. The maximum Gasteiger partial charge on any atom is 0.141 e. The second-order valence-electron chi connectivity index (χ2n) is 3.69. The lowest BCUT2D eigenvalue weighted by Crippen LogP contribution is -1.97. The Balaban J connectivity index is 2.06. The van der Waals surface area contributed by atoms with Crippen molar-refractivity contribution in [2.75, 3.05) is 0 Å². The molecule has 0 saturated heterocycles. The van der Waals surface area contributed by atoms with E-state index in [2.05, 4.69) is 36.8 Å². The van der Waals surface area contributed by atoms with Gasteiger partial charge in [0.1, 0.15) is 18.2 Å². The quantitative estimate of drug-likeness (QED) is 0.737.